The van der Waals surface area contributed by atoms with Gasteiger partial charge in [0.1, 0.15) is 6.10 Å². The van der Waals surface area contributed by atoms with Crippen LogP contribution in [-0.2, 0) is 14.2 Å². The molecule has 1 aromatic rings. The lowest BCUT2D eigenvalue weighted by atomic mass is 9.43. The van der Waals surface area contributed by atoms with Crippen LogP contribution in [0.15, 0.2) is 30.3 Å². The van der Waals surface area contributed by atoms with Gasteiger partial charge in [-0.15, -0.1) is 0 Å². The molecule has 5 aliphatic rings. The van der Waals surface area contributed by atoms with Crippen LogP contribution in [0.3, 0.4) is 0 Å². The molecule has 0 amide bonds. The van der Waals surface area contributed by atoms with Gasteiger partial charge in [-0.1, -0.05) is 39.0 Å². The van der Waals surface area contributed by atoms with E-state index >= 15 is 0 Å². The molecular weight excluding hydrogens is 452 g/mol. The molecule has 5 fully saturated rings. The van der Waals surface area contributed by atoms with Crippen molar-refractivity contribution < 1.29 is 24.1 Å². The topological polar surface area (TPSA) is 65.0 Å². The number of hydrogen-bond donors (Lipinski definition) is 1. The molecule has 6 rings (SSSR count). The molecule has 9 atom stereocenters. The molecule has 1 N–H and O–H groups in total. The molecule has 5 unspecified atom stereocenters. The van der Waals surface area contributed by atoms with Gasteiger partial charge in [-0.05, 0) is 91.1 Å². The first-order valence-corrected chi connectivity index (χ1v) is 14.4. The number of fused-ring (bicyclic) bond motifs is 5. The van der Waals surface area contributed by atoms with Gasteiger partial charge in [0.25, 0.3) is 0 Å². The monoisotopic (exact) mass is 496 g/mol. The highest BCUT2D eigenvalue weighted by Crippen LogP contribution is 2.69. The predicted molar refractivity (Wildman–Crippen MR) is 137 cm³/mol. The Labute approximate surface area is 216 Å². The van der Waals surface area contributed by atoms with Gasteiger partial charge in [0.2, 0.25) is 0 Å². The van der Waals surface area contributed by atoms with Gasteiger partial charge in [0.05, 0.1) is 18.8 Å². The van der Waals surface area contributed by atoms with Crippen molar-refractivity contribution in [2.24, 2.45) is 46.3 Å². The summed E-state index contributed by atoms with van der Waals surface area (Å²) in [6, 6.07) is 9.48. The zero-order chi connectivity index (χ0) is 25.1. The van der Waals surface area contributed by atoms with E-state index < -0.39 is 5.79 Å². The van der Waals surface area contributed by atoms with Crippen molar-refractivity contribution in [3.8, 4) is 0 Å². The third-order valence-electron chi connectivity index (χ3n) is 11.8. The van der Waals surface area contributed by atoms with E-state index in [0.717, 1.165) is 25.7 Å². The van der Waals surface area contributed by atoms with E-state index in [1.165, 1.54) is 25.7 Å². The highest BCUT2D eigenvalue weighted by Gasteiger charge is 2.65. The highest BCUT2D eigenvalue weighted by molar-refractivity contribution is 5.89. The van der Waals surface area contributed by atoms with E-state index in [9.17, 15) is 9.90 Å². The number of aliphatic hydroxyl groups is 1. The summed E-state index contributed by atoms with van der Waals surface area (Å²) in [5.41, 5.74) is 1.07. The third-order valence-corrected chi connectivity index (χ3v) is 11.8. The first-order valence-electron chi connectivity index (χ1n) is 14.4. The van der Waals surface area contributed by atoms with Gasteiger partial charge < -0.3 is 19.3 Å². The van der Waals surface area contributed by atoms with Gasteiger partial charge >= 0.3 is 5.97 Å². The van der Waals surface area contributed by atoms with Crippen LogP contribution in [0.2, 0.25) is 0 Å². The van der Waals surface area contributed by atoms with Crippen molar-refractivity contribution in [3.63, 3.8) is 0 Å². The molecular formula is C31H44O5. The van der Waals surface area contributed by atoms with Crippen LogP contribution in [-0.4, -0.2) is 42.8 Å². The molecule has 1 heterocycles. The largest absolute Gasteiger partial charge is 0.458 e. The normalized spacial score (nSPS) is 43.9. The van der Waals surface area contributed by atoms with Crippen molar-refractivity contribution >= 4 is 5.97 Å². The summed E-state index contributed by atoms with van der Waals surface area (Å²) in [5.74, 6) is 2.14. The van der Waals surface area contributed by atoms with Gasteiger partial charge in [-0.2, -0.15) is 0 Å². The Morgan fingerprint density at radius 3 is 2.47 bits per heavy atom. The number of ether oxygens (including phenoxy) is 3. The predicted octanol–water partition coefficient (Wildman–Crippen LogP) is 5.85. The summed E-state index contributed by atoms with van der Waals surface area (Å²) in [7, 11) is 0. The zero-order valence-electron chi connectivity index (χ0n) is 22.3. The lowest BCUT2D eigenvalue weighted by Gasteiger charge is -2.63. The minimum Gasteiger partial charge on any atom is -0.458 e. The summed E-state index contributed by atoms with van der Waals surface area (Å²) in [6.07, 6.45) is 8.60. The molecule has 0 radical (unpaired) electrons. The number of hydrogen-bond acceptors (Lipinski definition) is 5. The van der Waals surface area contributed by atoms with Crippen LogP contribution in [0, 0.1) is 46.3 Å². The Kier molecular flexibility index (Phi) is 6.29. The molecule has 1 spiro atoms. The Morgan fingerprint density at radius 2 is 1.75 bits per heavy atom. The Balaban J connectivity index is 1.34. The van der Waals surface area contributed by atoms with Crippen LogP contribution < -0.4 is 0 Å². The van der Waals surface area contributed by atoms with Crippen LogP contribution in [0.5, 0.6) is 0 Å². The quantitative estimate of drug-likeness (QED) is 0.530. The van der Waals surface area contributed by atoms with Crippen molar-refractivity contribution in [1.29, 1.82) is 0 Å². The molecule has 4 aliphatic carbocycles. The SMILES string of the molecule is C[C@H](CO)C1CCC2C3C(OC(=O)c4ccccc4)C[C@H]4CC5(CC[C@]4(C)C3CC[C@@]21C)OCCO5. The number of benzene rings is 1. The third kappa shape index (κ3) is 3.79. The van der Waals surface area contributed by atoms with Crippen molar-refractivity contribution in [2.45, 2.75) is 84.0 Å². The number of esters is 1. The molecule has 5 heteroatoms. The molecule has 1 aliphatic heterocycles. The lowest BCUT2D eigenvalue weighted by molar-refractivity contribution is -0.242. The maximum atomic E-state index is 13.4. The molecule has 1 saturated heterocycles. The maximum Gasteiger partial charge on any atom is 0.338 e. The fraction of sp³-hybridized carbons (Fsp3) is 0.774. The molecule has 5 nitrogen and oxygen atoms in total. The highest BCUT2D eigenvalue weighted by atomic mass is 16.7. The van der Waals surface area contributed by atoms with Crippen LogP contribution in [0.25, 0.3) is 0 Å². The van der Waals surface area contributed by atoms with Crippen LogP contribution >= 0.6 is 0 Å². The standard InChI is InChI=1S/C31H44O5/c1-20(19-32)23-9-10-24-27-25(11-12-30(23,24)3)29(2)13-14-31(34-15-16-35-31)18-22(29)17-26(27)36-28(33)21-7-5-4-6-8-21/h4-8,20,22-27,32H,9-19H2,1-3H3/t20-,22+,23?,24?,25?,26?,27?,29+,30-/m1/s1. The van der Waals surface area contributed by atoms with Crippen molar-refractivity contribution in [2.75, 3.05) is 19.8 Å². The van der Waals surface area contributed by atoms with Gasteiger partial charge in [-0.25, -0.2) is 4.79 Å². The summed E-state index contributed by atoms with van der Waals surface area (Å²) >= 11 is 0. The van der Waals surface area contributed by atoms with Gasteiger partial charge in [-0.3, -0.25) is 0 Å². The van der Waals surface area contributed by atoms with Crippen molar-refractivity contribution in [3.05, 3.63) is 35.9 Å². The fourth-order valence-electron chi connectivity index (χ4n) is 9.90. The van der Waals surface area contributed by atoms with Gasteiger partial charge in [0, 0.05) is 25.4 Å². The van der Waals surface area contributed by atoms with E-state index in [1.54, 1.807) is 0 Å². The summed E-state index contributed by atoms with van der Waals surface area (Å²) in [6.45, 7) is 8.86. The smallest absolute Gasteiger partial charge is 0.338 e. The minimum atomic E-state index is -0.427. The second-order valence-corrected chi connectivity index (χ2v) is 13.2. The zero-order valence-corrected chi connectivity index (χ0v) is 22.3. The Bertz CT molecular complexity index is 957. The molecule has 0 aromatic heterocycles. The van der Waals surface area contributed by atoms with Gasteiger partial charge in [0.15, 0.2) is 5.79 Å². The number of carbonyl (C=O) groups excluding carboxylic acids is 1. The fourth-order valence-corrected chi connectivity index (χ4v) is 9.90. The van der Waals surface area contributed by atoms with Crippen LogP contribution in [0.1, 0.15) is 82.5 Å². The average Bonchev–Trinajstić information content (AvgIpc) is 3.49. The van der Waals surface area contributed by atoms with E-state index in [-0.39, 0.29) is 29.5 Å². The molecule has 198 valence electrons. The number of carbonyl (C=O) groups is 1. The Morgan fingerprint density at radius 1 is 1.03 bits per heavy atom. The first-order chi connectivity index (χ1) is 17.3. The van der Waals surface area contributed by atoms with E-state index in [1.807, 2.05) is 30.3 Å². The summed E-state index contributed by atoms with van der Waals surface area (Å²) in [4.78, 5) is 13.4. The maximum absolute atomic E-state index is 13.4. The number of aliphatic hydroxyl groups excluding tert-OH is 1. The number of rotatable bonds is 4. The second-order valence-electron chi connectivity index (χ2n) is 13.2. The molecule has 1 aromatic carbocycles. The molecule has 0 bridgehead atoms. The summed E-state index contributed by atoms with van der Waals surface area (Å²) in [5, 5.41) is 10.0. The molecule has 36 heavy (non-hydrogen) atoms. The Hall–Kier alpha value is -1.43. The lowest BCUT2D eigenvalue weighted by Crippen LogP contribution is -2.61. The van der Waals surface area contributed by atoms with Crippen LogP contribution in [0.4, 0.5) is 0 Å². The first kappa shape index (κ1) is 24.9. The summed E-state index contributed by atoms with van der Waals surface area (Å²) < 4.78 is 18.9. The second kappa shape index (κ2) is 9.10. The van der Waals surface area contributed by atoms with Crippen molar-refractivity contribution in [1.82, 2.24) is 0 Å². The van der Waals surface area contributed by atoms with E-state index in [4.69, 9.17) is 14.2 Å². The van der Waals surface area contributed by atoms with E-state index in [2.05, 4.69) is 20.8 Å². The average molecular weight is 497 g/mol. The minimum absolute atomic E-state index is 0.0786. The van der Waals surface area contributed by atoms with E-state index in [0.29, 0.717) is 54.3 Å². The molecule has 4 saturated carbocycles.